The van der Waals surface area contributed by atoms with E-state index in [9.17, 15) is 23.1 Å². The molecular weight excluding hydrogens is 335 g/mol. The minimum Gasteiger partial charge on any atom is -0.506 e. The summed E-state index contributed by atoms with van der Waals surface area (Å²) in [4.78, 5) is 14.7. The van der Waals surface area contributed by atoms with Gasteiger partial charge in [0.1, 0.15) is 5.75 Å². The van der Waals surface area contributed by atoms with Gasteiger partial charge >= 0.3 is 12.3 Å². The first-order valence-corrected chi connectivity index (χ1v) is 5.99. The Morgan fingerprint density at radius 1 is 1.53 bits per heavy atom. The van der Waals surface area contributed by atoms with Crippen LogP contribution in [0.25, 0.3) is 0 Å². The van der Waals surface area contributed by atoms with Crippen molar-refractivity contribution in [1.29, 1.82) is 0 Å². The van der Waals surface area contributed by atoms with Crippen LogP contribution >= 0.6 is 15.9 Å². The fourth-order valence-electron chi connectivity index (χ4n) is 1.28. The summed E-state index contributed by atoms with van der Waals surface area (Å²) < 4.78 is 45.1. The molecule has 0 aliphatic rings. The van der Waals surface area contributed by atoms with E-state index in [0.29, 0.717) is 0 Å². The Labute approximate surface area is 114 Å². The van der Waals surface area contributed by atoms with Gasteiger partial charge in [-0.2, -0.15) is 0 Å². The highest BCUT2D eigenvalue weighted by atomic mass is 79.9. The van der Waals surface area contributed by atoms with E-state index in [0.717, 1.165) is 13.3 Å². The number of rotatable bonds is 4. The molecule has 106 valence electrons. The molecule has 0 amide bonds. The van der Waals surface area contributed by atoms with E-state index in [2.05, 4.69) is 30.4 Å². The van der Waals surface area contributed by atoms with Gasteiger partial charge in [-0.1, -0.05) is 15.9 Å². The van der Waals surface area contributed by atoms with Crippen molar-refractivity contribution in [2.45, 2.75) is 18.1 Å². The number of ether oxygens (including phenoxy) is 2. The quantitative estimate of drug-likeness (QED) is 0.671. The number of pyridine rings is 1. The zero-order chi connectivity index (χ0) is 14.6. The molecule has 0 aliphatic carbocycles. The summed E-state index contributed by atoms with van der Waals surface area (Å²) in [5.74, 6) is -2.09. The standard InChI is InChI=1S/C10H9BrF3NO4/c1-18-8(17)2-5-7(16)4-15-6(3-11)9(5)19-10(12,13)14/h4,16H,2-3H2,1H3. The van der Waals surface area contributed by atoms with Gasteiger partial charge in [-0.05, 0) is 0 Å². The highest BCUT2D eigenvalue weighted by Gasteiger charge is 2.34. The van der Waals surface area contributed by atoms with Crippen molar-refractivity contribution in [3.63, 3.8) is 0 Å². The molecular formula is C10H9BrF3NO4. The van der Waals surface area contributed by atoms with Crippen molar-refractivity contribution in [1.82, 2.24) is 4.98 Å². The maximum atomic E-state index is 12.3. The molecule has 0 aromatic carbocycles. The van der Waals surface area contributed by atoms with Crippen LogP contribution in [0.2, 0.25) is 0 Å². The van der Waals surface area contributed by atoms with Crippen molar-refractivity contribution in [2.24, 2.45) is 0 Å². The number of hydrogen-bond acceptors (Lipinski definition) is 5. The molecule has 9 heteroatoms. The predicted octanol–water partition coefficient (Wildman–Crippen LogP) is 2.30. The third-order valence-corrected chi connectivity index (χ3v) is 2.61. The number of carbonyl (C=O) groups is 1. The molecule has 1 rings (SSSR count). The lowest BCUT2D eigenvalue weighted by Gasteiger charge is -2.16. The number of aromatic nitrogens is 1. The van der Waals surface area contributed by atoms with Crippen molar-refractivity contribution in [3.8, 4) is 11.5 Å². The first-order valence-electron chi connectivity index (χ1n) is 4.86. The zero-order valence-electron chi connectivity index (χ0n) is 9.62. The molecule has 5 nitrogen and oxygen atoms in total. The number of alkyl halides is 4. The summed E-state index contributed by atoms with van der Waals surface area (Å²) in [5, 5.41) is 9.48. The summed E-state index contributed by atoms with van der Waals surface area (Å²) in [7, 11) is 1.08. The summed E-state index contributed by atoms with van der Waals surface area (Å²) in [6.07, 6.45) is -4.58. The molecule has 0 saturated carbocycles. The molecule has 19 heavy (non-hydrogen) atoms. The van der Waals surface area contributed by atoms with Crippen molar-refractivity contribution in [3.05, 3.63) is 17.5 Å². The summed E-state index contributed by atoms with van der Waals surface area (Å²) in [6.45, 7) is 0. The second-order valence-electron chi connectivity index (χ2n) is 3.33. The maximum Gasteiger partial charge on any atom is 0.573 e. The molecule has 0 atom stereocenters. The van der Waals surface area contributed by atoms with Crippen LogP contribution < -0.4 is 4.74 Å². The summed E-state index contributed by atoms with van der Waals surface area (Å²) in [5.41, 5.74) is -0.414. The first kappa shape index (κ1) is 15.5. The topological polar surface area (TPSA) is 68.7 Å². The van der Waals surface area contributed by atoms with E-state index in [1.165, 1.54) is 0 Å². The molecule has 0 spiro atoms. The van der Waals surface area contributed by atoms with Crippen LogP contribution in [0.4, 0.5) is 13.2 Å². The van der Waals surface area contributed by atoms with Gasteiger partial charge in [0.15, 0.2) is 5.75 Å². The van der Waals surface area contributed by atoms with E-state index in [1.807, 2.05) is 0 Å². The van der Waals surface area contributed by atoms with Crippen LogP contribution in [0.1, 0.15) is 11.3 Å². The maximum absolute atomic E-state index is 12.3. The lowest BCUT2D eigenvalue weighted by Crippen LogP contribution is -2.20. The van der Waals surface area contributed by atoms with Crippen LogP contribution in [-0.2, 0) is 21.3 Å². The fourth-order valence-corrected chi connectivity index (χ4v) is 1.68. The van der Waals surface area contributed by atoms with E-state index in [1.54, 1.807) is 0 Å². The molecule has 0 saturated heterocycles. The highest BCUT2D eigenvalue weighted by molar-refractivity contribution is 9.08. The molecule has 1 heterocycles. The van der Waals surface area contributed by atoms with E-state index >= 15 is 0 Å². The normalized spacial score (nSPS) is 11.2. The van der Waals surface area contributed by atoms with Gasteiger partial charge in [0, 0.05) is 5.33 Å². The summed E-state index contributed by atoms with van der Waals surface area (Å²) >= 11 is 2.95. The number of esters is 1. The SMILES string of the molecule is COC(=O)Cc1c(O)cnc(CBr)c1OC(F)(F)F. The van der Waals surface area contributed by atoms with Crippen LogP contribution in [0.5, 0.6) is 11.5 Å². The average Bonchev–Trinajstić information content (AvgIpc) is 2.32. The Hall–Kier alpha value is -1.51. The Balaban J connectivity index is 3.28. The average molecular weight is 344 g/mol. The Bertz CT molecular complexity index is 479. The summed E-state index contributed by atoms with van der Waals surface area (Å²) in [6, 6.07) is 0. The second-order valence-corrected chi connectivity index (χ2v) is 3.89. The van der Waals surface area contributed by atoms with Gasteiger partial charge in [0.2, 0.25) is 0 Å². The second kappa shape index (κ2) is 6.09. The molecule has 0 aliphatic heterocycles. The Morgan fingerprint density at radius 2 is 2.16 bits per heavy atom. The third-order valence-electron chi connectivity index (χ3n) is 2.08. The van der Waals surface area contributed by atoms with Crippen LogP contribution in [0.3, 0.4) is 0 Å². The predicted molar refractivity (Wildman–Crippen MR) is 60.9 cm³/mol. The Morgan fingerprint density at radius 3 is 2.63 bits per heavy atom. The van der Waals surface area contributed by atoms with Gasteiger partial charge in [-0.3, -0.25) is 9.78 Å². The van der Waals surface area contributed by atoms with Crippen LogP contribution in [0, 0.1) is 0 Å². The van der Waals surface area contributed by atoms with Gasteiger partial charge in [-0.15, -0.1) is 13.2 Å². The van der Waals surface area contributed by atoms with Crippen LogP contribution in [-0.4, -0.2) is 29.5 Å². The zero-order valence-corrected chi connectivity index (χ0v) is 11.2. The van der Waals surface area contributed by atoms with Gasteiger partial charge < -0.3 is 14.6 Å². The monoisotopic (exact) mass is 343 g/mol. The minimum atomic E-state index is -4.96. The fraction of sp³-hybridized carbons (Fsp3) is 0.400. The number of hydrogen-bond donors (Lipinski definition) is 1. The van der Waals surface area contributed by atoms with Crippen molar-refractivity contribution < 1.29 is 32.5 Å². The molecule has 0 radical (unpaired) electrons. The number of aromatic hydroxyl groups is 1. The lowest BCUT2D eigenvalue weighted by molar-refractivity contribution is -0.275. The number of nitrogens with zero attached hydrogens (tertiary/aromatic N) is 1. The molecule has 0 fully saturated rings. The highest BCUT2D eigenvalue weighted by Crippen LogP contribution is 2.35. The Kier molecular flexibility index (Phi) is 4.98. The van der Waals surface area contributed by atoms with Gasteiger partial charge in [-0.25, -0.2) is 0 Å². The minimum absolute atomic E-state index is 0.0349. The third kappa shape index (κ3) is 4.27. The molecule has 1 N–H and O–H groups in total. The van der Waals surface area contributed by atoms with Gasteiger partial charge in [0.05, 0.1) is 31.0 Å². The van der Waals surface area contributed by atoms with E-state index in [-0.39, 0.29) is 16.6 Å². The van der Waals surface area contributed by atoms with E-state index < -0.39 is 30.3 Å². The largest absolute Gasteiger partial charge is 0.573 e. The molecule has 1 aromatic rings. The smallest absolute Gasteiger partial charge is 0.506 e. The number of halogens is 4. The number of methoxy groups -OCH3 is 1. The molecule has 0 unspecified atom stereocenters. The van der Waals surface area contributed by atoms with Crippen LogP contribution in [0.15, 0.2) is 6.20 Å². The molecule has 1 aromatic heterocycles. The lowest BCUT2D eigenvalue weighted by atomic mass is 10.1. The number of carbonyl (C=O) groups excluding carboxylic acids is 1. The molecule has 0 bridgehead atoms. The first-order chi connectivity index (χ1) is 8.78. The van der Waals surface area contributed by atoms with Crippen molar-refractivity contribution >= 4 is 21.9 Å². The van der Waals surface area contributed by atoms with Crippen molar-refractivity contribution in [2.75, 3.05) is 7.11 Å². The van der Waals surface area contributed by atoms with Gasteiger partial charge in [0.25, 0.3) is 0 Å². The van der Waals surface area contributed by atoms with E-state index in [4.69, 9.17) is 0 Å².